The monoisotopic (exact) mass is 370 g/mol. The van der Waals surface area contributed by atoms with Crippen LogP contribution in [0.4, 0.5) is 17.1 Å². The molecule has 0 saturated carbocycles. The lowest BCUT2D eigenvalue weighted by Crippen LogP contribution is -2.12. The van der Waals surface area contributed by atoms with Gasteiger partial charge in [0.05, 0.1) is 35.8 Å². The quantitative estimate of drug-likeness (QED) is 0.535. The zero-order chi connectivity index (χ0) is 19.3. The summed E-state index contributed by atoms with van der Waals surface area (Å²) in [5.74, 6) is 0.493. The number of ether oxygens (including phenoxy) is 1. The Bertz CT molecular complexity index is 1120. The van der Waals surface area contributed by atoms with Crippen molar-refractivity contribution in [2.24, 2.45) is 0 Å². The number of amides is 1. The van der Waals surface area contributed by atoms with Crippen LogP contribution in [0, 0.1) is 0 Å². The molecule has 138 valence electrons. The molecule has 2 N–H and O–H groups in total. The predicted molar refractivity (Wildman–Crippen MR) is 110 cm³/mol. The lowest BCUT2D eigenvalue weighted by Gasteiger charge is -2.10. The van der Waals surface area contributed by atoms with Crippen LogP contribution in [0.5, 0.6) is 5.75 Å². The first-order valence-electron chi connectivity index (χ1n) is 8.74. The lowest BCUT2D eigenvalue weighted by molar-refractivity contribution is 0.102. The van der Waals surface area contributed by atoms with Gasteiger partial charge in [-0.05, 0) is 42.5 Å². The second kappa shape index (κ2) is 7.75. The fraction of sp³-hybridized carbons (Fsp3) is 0.0455. The zero-order valence-corrected chi connectivity index (χ0v) is 15.2. The van der Waals surface area contributed by atoms with Crippen molar-refractivity contribution in [3.8, 4) is 5.75 Å². The van der Waals surface area contributed by atoms with Gasteiger partial charge in [-0.15, -0.1) is 0 Å². The number of aromatic nitrogens is 2. The van der Waals surface area contributed by atoms with Crippen molar-refractivity contribution in [2.45, 2.75) is 0 Å². The summed E-state index contributed by atoms with van der Waals surface area (Å²) in [7, 11) is 1.60. The second-order valence-corrected chi connectivity index (χ2v) is 6.15. The van der Waals surface area contributed by atoms with E-state index in [0.29, 0.717) is 16.9 Å². The summed E-state index contributed by atoms with van der Waals surface area (Å²) in [5.41, 5.74) is 3.56. The maximum absolute atomic E-state index is 12.6. The number of nitrogens with one attached hydrogen (secondary N) is 2. The average Bonchev–Trinajstić information content (AvgIpc) is 2.75. The molecular weight excluding hydrogens is 352 g/mol. The maximum Gasteiger partial charge on any atom is 0.257 e. The van der Waals surface area contributed by atoms with E-state index in [1.807, 2.05) is 30.3 Å². The number of pyridine rings is 2. The molecule has 1 amide bonds. The van der Waals surface area contributed by atoms with Crippen LogP contribution < -0.4 is 15.4 Å². The van der Waals surface area contributed by atoms with Crippen molar-refractivity contribution in [3.63, 3.8) is 0 Å². The number of rotatable bonds is 5. The standard InChI is InChI=1S/C22H18N4O2/c1-28-19-9-7-17(8-10-19)26-22(27)16-12-18(14-23-13-16)25-20-6-2-4-15-5-3-11-24-21(15)20/h2-14,25H,1H3,(H,26,27). The fourth-order valence-corrected chi connectivity index (χ4v) is 2.87. The number of methoxy groups -OCH3 is 1. The molecule has 0 atom stereocenters. The zero-order valence-electron chi connectivity index (χ0n) is 15.2. The third kappa shape index (κ3) is 3.76. The van der Waals surface area contributed by atoms with Gasteiger partial charge < -0.3 is 15.4 Å². The number of nitrogens with zero attached hydrogens (tertiary/aromatic N) is 2. The van der Waals surface area contributed by atoms with E-state index in [2.05, 4.69) is 20.6 Å². The van der Waals surface area contributed by atoms with E-state index in [4.69, 9.17) is 4.74 Å². The number of carbonyl (C=O) groups is 1. The molecular formula is C22H18N4O2. The number of carbonyl (C=O) groups excluding carboxylic acids is 1. The van der Waals surface area contributed by atoms with Crippen LogP contribution in [0.3, 0.4) is 0 Å². The number of hydrogen-bond donors (Lipinski definition) is 2. The van der Waals surface area contributed by atoms with Crippen molar-refractivity contribution in [1.29, 1.82) is 0 Å². The van der Waals surface area contributed by atoms with Gasteiger partial charge in [0, 0.05) is 23.5 Å². The first kappa shape index (κ1) is 17.5. The Balaban J connectivity index is 1.54. The van der Waals surface area contributed by atoms with Gasteiger partial charge in [-0.2, -0.15) is 0 Å². The molecule has 4 aromatic rings. The molecule has 28 heavy (non-hydrogen) atoms. The SMILES string of the molecule is COc1ccc(NC(=O)c2cncc(Nc3cccc4cccnc34)c2)cc1. The van der Waals surface area contributed by atoms with E-state index in [9.17, 15) is 4.79 Å². The molecule has 0 saturated heterocycles. The Labute approximate surface area is 162 Å². The number of para-hydroxylation sites is 1. The fourth-order valence-electron chi connectivity index (χ4n) is 2.87. The number of anilines is 3. The molecule has 0 aliphatic heterocycles. The lowest BCUT2D eigenvalue weighted by atomic mass is 10.2. The average molecular weight is 370 g/mol. The van der Waals surface area contributed by atoms with Gasteiger partial charge in [0.15, 0.2) is 0 Å². The number of hydrogen-bond acceptors (Lipinski definition) is 5. The topological polar surface area (TPSA) is 76.1 Å². The van der Waals surface area contributed by atoms with Crippen LogP contribution in [0.15, 0.2) is 79.3 Å². The van der Waals surface area contributed by atoms with E-state index in [0.717, 1.165) is 22.3 Å². The van der Waals surface area contributed by atoms with Crippen LogP contribution in [-0.4, -0.2) is 23.0 Å². The van der Waals surface area contributed by atoms with Gasteiger partial charge in [-0.1, -0.05) is 18.2 Å². The van der Waals surface area contributed by atoms with E-state index >= 15 is 0 Å². The molecule has 0 fully saturated rings. The summed E-state index contributed by atoms with van der Waals surface area (Å²) in [5, 5.41) is 7.19. The molecule has 0 radical (unpaired) electrons. The van der Waals surface area contributed by atoms with Crippen LogP contribution in [0.25, 0.3) is 10.9 Å². The van der Waals surface area contributed by atoms with Gasteiger partial charge in [0.25, 0.3) is 5.91 Å². The summed E-state index contributed by atoms with van der Waals surface area (Å²) in [6.07, 6.45) is 4.96. The molecule has 0 spiro atoms. The molecule has 0 aliphatic carbocycles. The summed E-state index contributed by atoms with van der Waals surface area (Å²) in [4.78, 5) is 21.2. The van der Waals surface area contributed by atoms with E-state index < -0.39 is 0 Å². The normalized spacial score (nSPS) is 10.5. The van der Waals surface area contributed by atoms with Crippen molar-refractivity contribution >= 4 is 33.9 Å². The van der Waals surface area contributed by atoms with Crippen molar-refractivity contribution in [3.05, 3.63) is 84.8 Å². The summed E-state index contributed by atoms with van der Waals surface area (Å²) < 4.78 is 5.13. The highest BCUT2D eigenvalue weighted by Gasteiger charge is 2.09. The van der Waals surface area contributed by atoms with Crippen LogP contribution in [-0.2, 0) is 0 Å². The third-order valence-corrected chi connectivity index (χ3v) is 4.26. The van der Waals surface area contributed by atoms with Gasteiger partial charge in [0.2, 0.25) is 0 Å². The van der Waals surface area contributed by atoms with Crippen LogP contribution in [0.2, 0.25) is 0 Å². The van der Waals surface area contributed by atoms with Crippen molar-refractivity contribution in [2.75, 3.05) is 17.7 Å². The molecule has 2 heterocycles. The van der Waals surface area contributed by atoms with Crippen LogP contribution in [0.1, 0.15) is 10.4 Å². The van der Waals surface area contributed by atoms with Gasteiger partial charge in [-0.3, -0.25) is 14.8 Å². The number of benzene rings is 2. The first-order chi connectivity index (χ1) is 13.7. The molecule has 0 bridgehead atoms. The van der Waals surface area contributed by atoms with Crippen LogP contribution >= 0.6 is 0 Å². The minimum atomic E-state index is -0.239. The van der Waals surface area contributed by atoms with Crippen molar-refractivity contribution in [1.82, 2.24) is 9.97 Å². The van der Waals surface area contributed by atoms with Gasteiger partial charge in [-0.25, -0.2) is 0 Å². The maximum atomic E-state index is 12.6. The Morgan fingerprint density at radius 1 is 0.964 bits per heavy atom. The minimum Gasteiger partial charge on any atom is -0.497 e. The number of fused-ring (bicyclic) bond motifs is 1. The predicted octanol–water partition coefficient (Wildman–Crippen LogP) is 4.63. The van der Waals surface area contributed by atoms with Crippen molar-refractivity contribution < 1.29 is 9.53 Å². The second-order valence-electron chi connectivity index (χ2n) is 6.15. The highest BCUT2D eigenvalue weighted by molar-refractivity contribution is 6.04. The largest absolute Gasteiger partial charge is 0.497 e. The molecule has 4 rings (SSSR count). The summed E-state index contributed by atoms with van der Waals surface area (Å²) >= 11 is 0. The highest BCUT2D eigenvalue weighted by atomic mass is 16.5. The molecule has 2 aromatic carbocycles. The molecule has 2 aromatic heterocycles. The third-order valence-electron chi connectivity index (χ3n) is 4.26. The molecule has 0 unspecified atom stereocenters. The van der Waals surface area contributed by atoms with Gasteiger partial charge in [0.1, 0.15) is 5.75 Å². The van der Waals surface area contributed by atoms with Gasteiger partial charge >= 0.3 is 0 Å². The summed E-state index contributed by atoms with van der Waals surface area (Å²) in [6, 6.07) is 18.7. The first-order valence-corrected chi connectivity index (χ1v) is 8.74. The smallest absolute Gasteiger partial charge is 0.257 e. The molecule has 6 nitrogen and oxygen atoms in total. The Morgan fingerprint density at radius 3 is 2.61 bits per heavy atom. The summed E-state index contributed by atoms with van der Waals surface area (Å²) in [6.45, 7) is 0. The van der Waals surface area contributed by atoms with E-state index in [1.165, 1.54) is 6.20 Å². The Kier molecular flexibility index (Phi) is 4.84. The minimum absolute atomic E-state index is 0.239. The molecule has 0 aliphatic rings. The molecule has 6 heteroatoms. The van der Waals surface area contributed by atoms with E-state index in [-0.39, 0.29) is 5.91 Å². The Hall–Kier alpha value is -3.93. The highest BCUT2D eigenvalue weighted by Crippen LogP contribution is 2.25. The Morgan fingerprint density at radius 2 is 1.79 bits per heavy atom. The van der Waals surface area contributed by atoms with E-state index in [1.54, 1.807) is 49.8 Å².